The molecule has 1 aliphatic rings. The number of rotatable bonds is 0. The fraction of sp³-hybridized carbons (Fsp3) is 0.500. The fourth-order valence-corrected chi connectivity index (χ4v) is 0.417. The predicted molar refractivity (Wildman–Crippen MR) is 21.8 cm³/mol. The van der Waals surface area contributed by atoms with Gasteiger partial charge in [0.25, 0.3) is 0 Å². The van der Waals surface area contributed by atoms with Crippen molar-refractivity contribution >= 4 is 0 Å². The van der Waals surface area contributed by atoms with Crippen molar-refractivity contribution in [2.45, 2.75) is 6.42 Å². The Morgan fingerprint density at radius 3 is 2.50 bits per heavy atom. The van der Waals surface area contributed by atoms with Gasteiger partial charge in [-0.15, -0.1) is 0 Å². The summed E-state index contributed by atoms with van der Waals surface area (Å²) < 4.78 is 0. The van der Waals surface area contributed by atoms with Crippen molar-refractivity contribution in [2.75, 3.05) is 6.54 Å². The second-order valence-corrected chi connectivity index (χ2v) is 1.15. The molecule has 0 amide bonds. The molecule has 1 heterocycles. The van der Waals surface area contributed by atoms with Crippen molar-refractivity contribution in [1.82, 2.24) is 5.32 Å². The smallest absolute Gasteiger partial charge is 0.0176 e. The van der Waals surface area contributed by atoms with E-state index in [-0.39, 0.29) is 19.5 Å². The van der Waals surface area contributed by atoms with Crippen LogP contribution in [0.3, 0.4) is 0 Å². The molecule has 0 unspecified atom stereocenters. The summed E-state index contributed by atoms with van der Waals surface area (Å²) in [4.78, 5) is 0. The first-order chi connectivity index (χ1) is 2.50. The predicted octanol–water partition coefficient (Wildman–Crippen LogP) is 0.491. The summed E-state index contributed by atoms with van der Waals surface area (Å²) in [6.07, 6.45) is 5.32. The van der Waals surface area contributed by atoms with Crippen molar-refractivity contribution in [3.05, 3.63) is 12.3 Å². The minimum Gasteiger partial charge on any atom is -0.391 e. The molecule has 2 heteroatoms. The fourth-order valence-electron chi connectivity index (χ4n) is 0.417. The number of hydrogen-bond donors (Lipinski definition) is 1. The normalized spacial score (nSPS) is 16.0. The molecule has 0 saturated carbocycles. The van der Waals surface area contributed by atoms with Crippen molar-refractivity contribution < 1.29 is 19.5 Å². The van der Waals surface area contributed by atoms with E-state index in [1.54, 1.807) is 0 Å². The van der Waals surface area contributed by atoms with Gasteiger partial charge in [-0.25, -0.2) is 0 Å². The number of hydrogen-bond acceptors (Lipinski definition) is 1. The molecule has 0 spiro atoms. The third kappa shape index (κ3) is 1.56. The van der Waals surface area contributed by atoms with E-state index in [9.17, 15) is 0 Å². The van der Waals surface area contributed by atoms with Crippen LogP contribution in [0.15, 0.2) is 12.3 Å². The van der Waals surface area contributed by atoms with Crippen molar-refractivity contribution in [2.24, 2.45) is 0 Å². The minimum absolute atomic E-state index is 0. The van der Waals surface area contributed by atoms with E-state index < -0.39 is 0 Å². The van der Waals surface area contributed by atoms with E-state index in [1.165, 1.54) is 6.42 Å². The Balaban J connectivity index is 0.000000250. The molecule has 30 valence electrons. The van der Waals surface area contributed by atoms with E-state index in [1.807, 2.05) is 6.20 Å². The summed E-state index contributed by atoms with van der Waals surface area (Å²) in [5.41, 5.74) is 0. The molecule has 0 aromatic rings. The SMILES string of the molecule is C1=CNCC1.[Zn]. The van der Waals surface area contributed by atoms with Crippen LogP contribution in [0, 0.1) is 0 Å². The molecular formula is C4H7NZn. The molecular weight excluding hydrogens is 127 g/mol. The maximum Gasteiger partial charge on any atom is 0.0176 e. The summed E-state index contributed by atoms with van der Waals surface area (Å²) in [6.45, 7) is 1.14. The van der Waals surface area contributed by atoms with Gasteiger partial charge in [-0.2, -0.15) is 0 Å². The second kappa shape index (κ2) is 3.36. The van der Waals surface area contributed by atoms with Crippen LogP contribution in [-0.4, -0.2) is 6.54 Å². The topological polar surface area (TPSA) is 12.0 Å². The van der Waals surface area contributed by atoms with Crippen LogP contribution in [-0.2, 0) is 19.5 Å². The summed E-state index contributed by atoms with van der Waals surface area (Å²) >= 11 is 0. The summed E-state index contributed by atoms with van der Waals surface area (Å²) in [7, 11) is 0. The van der Waals surface area contributed by atoms with Crippen LogP contribution in [0.25, 0.3) is 0 Å². The van der Waals surface area contributed by atoms with Crippen LogP contribution in [0.5, 0.6) is 0 Å². The van der Waals surface area contributed by atoms with Gasteiger partial charge >= 0.3 is 0 Å². The first-order valence-corrected chi connectivity index (χ1v) is 1.88. The first-order valence-electron chi connectivity index (χ1n) is 1.88. The third-order valence-electron chi connectivity index (χ3n) is 0.691. The van der Waals surface area contributed by atoms with Gasteiger partial charge in [0.05, 0.1) is 0 Å². The Bertz CT molecular complexity index is 45.5. The van der Waals surface area contributed by atoms with Gasteiger partial charge in [0.15, 0.2) is 0 Å². The molecule has 1 nitrogen and oxygen atoms in total. The first kappa shape index (κ1) is 6.16. The summed E-state index contributed by atoms with van der Waals surface area (Å²) in [6, 6.07) is 0. The zero-order valence-electron chi connectivity index (χ0n) is 3.78. The molecule has 0 fully saturated rings. The van der Waals surface area contributed by atoms with Crippen LogP contribution in [0.2, 0.25) is 0 Å². The Morgan fingerprint density at radius 2 is 2.33 bits per heavy atom. The summed E-state index contributed by atoms with van der Waals surface area (Å²) in [5, 5.41) is 3.04. The van der Waals surface area contributed by atoms with Crippen LogP contribution in [0.1, 0.15) is 6.42 Å². The molecule has 0 radical (unpaired) electrons. The molecule has 0 aromatic heterocycles. The van der Waals surface area contributed by atoms with E-state index in [0.717, 1.165) is 6.54 Å². The molecule has 1 aliphatic heterocycles. The molecule has 1 N–H and O–H groups in total. The average Bonchev–Trinajstić information content (AvgIpc) is 1.76. The van der Waals surface area contributed by atoms with E-state index >= 15 is 0 Å². The molecule has 0 aliphatic carbocycles. The van der Waals surface area contributed by atoms with Gasteiger partial charge in [-0.05, 0) is 12.6 Å². The molecule has 0 atom stereocenters. The van der Waals surface area contributed by atoms with Crippen LogP contribution < -0.4 is 5.32 Å². The maximum absolute atomic E-state index is 3.04. The monoisotopic (exact) mass is 133 g/mol. The van der Waals surface area contributed by atoms with Gasteiger partial charge in [0, 0.05) is 26.0 Å². The molecule has 0 bridgehead atoms. The van der Waals surface area contributed by atoms with E-state index in [2.05, 4.69) is 11.4 Å². The van der Waals surface area contributed by atoms with Gasteiger partial charge in [-0.1, -0.05) is 6.08 Å². The largest absolute Gasteiger partial charge is 0.391 e. The molecule has 6 heavy (non-hydrogen) atoms. The minimum atomic E-state index is 0. The standard InChI is InChI=1S/C4H7N.Zn/c1-2-4-5-3-1;/h1,3,5H,2,4H2;. The Labute approximate surface area is 50.6 Å². The molecule has 0 saturated heterocycles. The third-order valence-corrected chi connectivity index (χ3v) is 0.691. The summed E-state index contributed by atoms with van der Waals surface area (Å²) in [5.74, 6) is 0. The Morgan fingerprint density at radius 1 is 1.50 bits per heavy atom. The van der Waals surface area contributed by atoms with Gasteiger partial charge in [-0.3, -0.25) is 0 Å². The van der Waals surface area contributed by atoms with Crippen molar-refractivity contribution in [3.8, 4) is 0 Å². The van der Waals surface area contributed by atoms with E-state index in [0.29, 0.717) is 0 Å². The number of nitrogens with one attached hydrogen (secondary N) is 1. The zero-order chi connectivity index (χ0) is 3.54. The quantitative estimate of drug-likeness (QED) is 0.476. The van der Waals surface area contributed by atoms with Crippen LogP contribution >= 0.6 is 0 Å². The van der Waals surface area contributed by atoms with Crippen molar-refractivity contribution in [1.29, 1.82) is 0 Å². The molecule has 0 aromatic carbocycles. The maximum atomic E-state index is 3.04. The zero-order valence-corrected chi connectivity index (χ0v) is 6.74. The van der Waals surface area contributed by atoms with E-state index in [4.69, 9.17) is 0 Å². The molecule has 1 rings (SSSR count). The van der Waals surface area contributed by atoms with Gasteiger partial charge in [0.1, 0.15) is 0 Å². The Kier molecular flexibility index (Phi) is 3.45. The van der Waals surface area contributed by atoms with Gasteiger partial charge in [0.2, 0.25) is 0 Å². The van der Waals surface area contributed by atoms with Crippen molar-refractivity contribution in [3.63, 3.8) is 0 Å². The Hall–Kier alpha value is 0.163. The average molecular weight is 134 g/mol. The second-order valence-electron chi connectivity index (χ2n) is 1.15. The van der Waals surface area contributed by atoms with Gasteiger partial charge < -0.3 is 5.32 Å². The van der Waals surface area contributed by atoms with Crippen LogP contribution in [0.4, 0.5) is 0 Å².